The summed E-state index contributed by atoms with van der Waals surface area (Å²) in [5.41, 5.74) is -0.200. The summed E-state index contributed by atoms with van der Waals surface area (Å²) in [4.78, 5) is 12.4. The molecule has 0 aromatic carbocycles. The average molecular weight is 265 g/mol. The van der Waals surface area contributed by atoms with Gasteiger partial charge in [-0.1, -0.05) is 13.3 Å². The number of aromatic nitrogens is 3. The van der Waals surface area contributed by atoms with Crippen LogP contribution in [0.25, 0.3) is 0 Å². The predicted octanol–water partition coefficient (Wildman–Crippen LogP) is 0.254. The lowest BCUT2D eigenvalue weighted by Gasteiger charge is -2.26. The number of hydrogen-bond donors (Lipinski definition) is 2. The number of aryl methyl sites for hydroxylation is 1. The molecule has 0 radical (unpaired) electrons. The lowest BCUT2D eigenvalue weighted by molar-refractivity contribution is -0.130. The van der Waals surface area contributed by atoms with Crippen LogP contribution in [0.5, 0.6) is 0 Å². The molecular weight excluding hydrogens is 242 g/mol. The molecule has 0 saturated carbocycles. The van der Waals surface area contributed by atoms with Crippen molar-refractivity contribution in [2.24, 2.45) is 12.5 Å². The van der Waals surface area contributed by atoms with Crippen molar-refractivity contribution >= 4 is 5.91 Å². The molecule has 1 saturated heterocycles. The molecule has 2 heterocycles. The lowest BCUT2D eigenvalue weighted by Crippen LogP contribution is -2.43. The summed E-state index contributed by atoms with van der Waals surface area (Å²) in [5.74, 6) is 1.08. The first-order valence-corrected chi connectivity index (χ1v) is 7.00. The molecule has 1 atom stereocenters. The van der Waals surface area contributed by atoms with E-state index in [1.165, 1.54) is 0 Å². The Balaban J connectivity index is 1.84. The Kier molecular flexibility index (Phi) is 4.52. The maximum absolute atomic E-state index is 12.4. The van der Waals surface area contributed by atoms with Crippen LogP contribution in [0.4, 0.5) is 0 Å². The number of amides is 1. The van der Waals surface area contributed by atoms with E-state index in [1.54, 1.807) is 6.33 Å². The Morgan fingerprint density at radius 2 is 2.47 bits per heavy atom. The molecule has 1 aromatic rings. The van der Waals surface area contributed by atoms with Gasteiger partial charge in [0.1, 0.15) is 12.2 Å². The lowest BCUT2D eigenvalue weighted by atomic mass is 9.81. The van der Waals surface area contributed by atoms with Crippen molar-refractivity contribution < 1.29 is 4.79 Å². The zero-order valence-corrected chi connectivity index (χ0v) is 11.8. The van der Waals surface area contributed by atoms with Crippen LogP contribution in [-0.2, 0) is 18.3 Å². The van der Waals surface area contributed by atoms with Crippen molar-refractivity contribution in [2.45, 2.75) is 32.6 Å². The highest BCUT2D eigenvalue weighted by molar-refractivity contribution is 5.83. The molecule has 6 heteroatoms. The molecule has 106 valence electrons. The Bertz CT molecular complexity index is 422. The summed E-state index contributed by atoms with van der Waals surface area (Å²) in [7, 11) is 1.91. The van der Waals surface area contributed by atoms with Crippen molar-refractivity contribution in [1.29, 1.82) is 0 Å². The van der Waals surface area contributed by atoms with Gasteiger partial charge in [0.05, 0.1) is 5.41 Å². The van der Waals surface area contributed by atoms with Gasteiger partial charge in [-0.25, -0.2) is 0 Å². The van der Waals surface area contributed by atoms with Gasteiger partial charge < -0.3 is 15.2 Å². The molecular formula is C13H23N5O. The topological polar surface area (TPSA) is 71.8 Å². The number of carbonyl (C=O) groups excluding carboxylic acids is 1. The molecule has 1 fully saturated rings. The van der Waals surface area contributed by atoms with E-state index in [2.05, 4.69) is 27.8 Å². The van der Waals surface area contributed by atoms with E-state index in [-0.39, 0.29) is 11.3 Å². The third-order valence-electron chi connectivity index (χ3n) is 3.89. The highest BCUT2D eigenvalue weighted by atomic mass is 16.2. The molecule has 2 rings (SSSR count). The molecule has 19 heavy (non-hydrogen) atoms. The fraction of sp³-hybridized carbons (Fsp3) is 0.769. The molecule has 1 aromatic heterocycles. The van der Waals surface area contributed by atoms with Gasteiger partial charge in [0.25, 0.3) is 0 Å². The number of nitrogens with one attached hydrogen (secondary N) is 2. The molecule has 6 nitrogen and oxygen atoms in total. The molecule has 0 aliphatic carbocycles. The van der Waals surface area contributed by atoms with Crippen LogP contribution in [-0.4, -0.2) is 40.3 Å². The number of nitrogens with zero attached hydrogens (tertiary/aromatic N) is 3. The highest BCUT2D eigenvalue weighted by Crippen LogP contribution is 2.31. The van der Waals surface area contributed by atoms with E-state index < -0.39 is 0 Å². The summed E-state index contributed by atoms with van der Waals surface area (Å²) in [6.07, 6.45) is 5.33. The van der Waals surface area contributed by atoms with Crippen LogP contribution < -0.4 is 10.6 Å². The SMILES string of the molecule is CCCC1(C(=O)NCCc2nncn2C)CCNC1. The van der Waals surface area contributed by atoms with Gasteiger partial charge >= 0.3 is 0 Å². The minimum atomic E-state index is -0.200. The monoisotopic (exact) mass is 265 g/mol. The predicted molar refractivity (Wildman–Crippen MR) is 72.5 cm³/mol. The molecule has 2 N–H and O–H groups in total. The first kappa shape index (κ1) is 14.0. The van der Waals surface area contributed by atoms with E-state index in [4.69, 9.17) is 0 Å². The Labute approximate surface area is 114 Å². The van der Waals surface area contributed by atoms with Gasteiger partial charge in [-0.05, 0) is 19.4 Å². The summed E-state index contributed by atoms with van der Waals surface area (Å²) >= 11 is 0. The molecule has 0 spiro atoms. The second-order valence-corrected chi connectivity index (χ2v) is 5.32. The van der Waals surface area contributed by atoms with Crippen LogP contribution in [0.2, 0.25) is 0 Å². The molecule has 0 bridgehead atoms. The van der Waals surface area contributed by atoms with Gasteiger partial charge in [-0.15, -0.1) is 10.2 Å². The Morgan fingerprint density at radius 3 is 3.05 bits per heavy atom. The van der Waals surface area contributed by atoms with E-state index in [9.17, 15) is 4.79 Å². The minimum Gasteiger partial charge on any atom is -0.355 e. The number of hydrogen-bond acceptors (Lipinski definition) is 4. The number of carbonyl (C=O) groups is 1. The van der Waals surface area contributed by atoms with Gasteiger partial charge in [0, 0.05) is 26.6 Å². The van der Waals surface area contributed by atoms with E-state index in [1.807, 2.05) is 11.6 Å². The molecule has 1 unspecified atom stereocenters. The second kappa shape index (κ2) is 6.14. The van der Waals surface area contributed by atoms with Crippen LogP contribution >= 0.6 is 0 Å². The average Bonchev–Trinajstić information content (AvgIpc) is 3.01. The maximum Gasteiger partial charge on any atom is 0.227 e. The summed E-state index contributed by atoms with van der Waals surface area (Å²) in [6.45, 7) is 4.50. The molecule has 1 amide bonds. The third-order valence-corrected chi connectivity index (χ3v) is 3.89. The van der Waals surface area contributed by atoms with Crippen LogP contribution in [0.15, 0.2) is 6.33 Å². The quantitative estimate of drug-likeness (QED) is 0.773. The zero-order chi connectivity index (χ0) is 13.7. The fourth-order valence-corrected chi connectivity index (χ4v) is 2.75. The van der Waals surface area contributed by atoms with Crippen LogP contribution in [0.3, 0.4) is 0 Å². The normalized spacial score (nSPS) is 22.6. The van der Waals surface area contributed by atoms with Crippen LogP contribution in [0.1, 0.15) is 32.0 Å². The van der Waals surface area contributed by atoms with Crippen LogP contribution in [0, 0.1) is 5.41 Å². The molecule has 1 aliphatic heterocycles. The van der Waals surface area contributed by atoms with Gasteiger partial charge in [-0.3, -0.25) is 4.79 Å². The van der Waals surface area contributed by atoms with Crippen molar-refractivity contribution in [3.05, 3.63) is 12.2 Å². The smallest absolute Gasteiger partial charge is 0.227 e. The van der Waals surface area contributed by atoms with E-state index in [0.29, 0.717) is 6.54 Å². The summed E-state index contributed by atoms with van der Waals surface area (Å²) < 4.78 is 1.88. The maximum atomic E-state index is 12.4. The molecule has 1 aliphatic rings. The van der Waals surface area contributed by atoms with Gasteiger partial charge in [0.15, 0.2) is 0 Å². The largest absolute Gasteiger partial charge is 0.355 e. The number of rotatable bonds is 6. The second-order valence-electron chi connectivity index (χ2n) is 5.32. The third kappa shape index (κ3) is 3.12. The van der Waals surface area contributed by atoms with Crippen molar-refractivity contribution in [3.8, 4) is 0 Å². The first-order chi connectivity index (χ1) is 9.18. The summed E-state index contributed by atoms with van der Waals surface area (Å²) in [5, 5.41) is 14.2. The first-order valence-electron chi connectivity index (χ1n) is 7.00. The Morgan fingerprint density at radius 1 is 1.63 bits per heavy atom. The van der Waals surface area contributed by atoms with Crippen molar-refractivity contribution in [3.63, 3.8) is 0 Å². The van der Waals surface area contributed by atoms with Gasteiger partial charge in [0.2, 0.25) is 5.91 Å². The van der Waals surface area contributed by atoms with Crippen molar-refractivity contribution in [1.82, 2.24) is 25.4 Å². The van der Waals surface area contributed by atoms with Crippen molar-refractivity contribution in [2.75, 3.05) is 19.6 Å². The minimum absolute atomic E-state index is 0.182. The van der Waals surface area contributed by atoms with Gasteiger partial charge in [-0.2, -0.15) is 0 Å². The standard InChI is InChI=1S/C13H23N5O/c1-3-5-13(6-8-14-9-13)12(19)15-7-4-11-17-16-10-18(11)2/h10,14H,3-9H2,1-2H3,(H,15,19). The van der Waals surface area contributed by atoms with E-state index in [0.717, 1.165) is 44.6 Å². The fourth-order valence-electron chi connectivity index (χ4n) is 2.75. The highest BCUT2D eigenvalue weighted by Gasteiger charge is 2.39. The van der Waals surface area contributed by atoms with E-state index >= 15 is 0 Å². The zero-order valence-electron chi connectivity index (χ0n) is 11.8. The summed E-state index contributed by atoms with van der Waals surface area (Å²) in [6, 6.07) is 0. The Hall–Kier alpha value is -1.43.